The van der Waals surface area contributed by atoms with Crippen molar-refractivity contribution in [1.29, 1.82) is 0 Å². The van der Waals surface area contributed by atoms with Crippen LogP contribution in [0.15, 0.2) is 36.4 Å². The average molecular weight is 227 g/mol. The molecule has 5 N–H and O–H groups in total. The number of fused-ring (bicyclic) bond motifs is 3. The number of hydrogen-bond acceptors (Lipinski definition) is 2. The summed E-state index contributed by atoms with van der Waals surface area (Å²) < 4.78 is 0. The normalized spacial score (nSPS) is 10.2. The molecule has 0 saturated carbocycles. The molecule has 0 aliphatic rings. The van der Waals surface area contributed by atoms with Gasteiger partial charge in [0.15, 0.2) is 0 Å². The molecule has 0 aliphatic heterocycles. The van der Waals surface area contributed by atoms with Gasteiger partial charge < -0.3 is 16.5 Å². The molecule has 1 heterocycles. The van der Waals surface area contributed by atoms with Gasteiger partial charge >= 0.3 is 0 Å². The van der Waals surface area contributed by atoms with Crippen LogP contribution >= 0.6 is 0 Å². The summed E-state index contributed by atoms with van der Waals surface area (Å²) in [6, 6.07) is 11.7. The zero-order valence-electron chi connectivity index (χ0n) is 10.1. The maximum absolute atomic E-state index is 5.77. The summed E-state index contributed by atoms with van der Waals surface area (Å²) >= 11 is 0. The summed E-state index contributed by atoms with van der Waals surface area (Å²) in [7, 11) is 0. The van der Waals surface area contributed by atoms with Crippen molar-refractivity contribution in [3.05, 3.63) is 36.4 Å². The van der Waals surface area contributed by atoms with Crippen molar-refractivity contribution in [2.75, 3.05) is 11.5 Å². The quantitative estimate of drug-likeness (QED) is 0.514. The summed E-state index contributed by atoms with van der Waals surface area (Å²) in [6.07, 6.45) is 0. The van der Waals surface area contributed by atoms with Gasteiger partial charge in [-0.3, -0.25) is 0 Å². The molecule has 0 saturated heterocycles. The van der Waals surface area contributed by atoms with Gasteiger partial charge in [0.25, 0.3) is 0 Å². The van der Waals surface area contributed by atoms with Crippen molar-refractivity contribution < 1.29 is 0 Å². The topological polar surface area (TPSA) is 67.8 Å². The van der Waals surface area contributed by atoms with Crippen molar-refractivity contribution >= 4 is 33.2 Å². The molecule has 3 aromatic rings. The predicted molar refractivity (Wildman–Crippen MR) is 76.0 cm³/mol. The van der Waals surface area contributed by atoms with E-state index in [-0.39, 0.29) is 0 Å². The first kappa shape index (κ1) is 11.3. The molecule has 3 heteroatoms. The van der Waals surface area contributed by atoms with Crippen LogP contribution in [0.5, 0.6) is 0 Å². The first-order valence-electron chi connectivity index (χ1n) is 5.80. The third kappa shape index (κ3) is 1.91. The fourth-order valence-electron chi connectivity index (χ4n) is 1.93. The van der Waals surface area contributed by atoms with Gasteiger partial charge in [-0.15, -0.1) is 0 Å². The van der Waals surface area contributed by atoms with Gasteiger partial charge in [-0.05, 0) is 36.4 Å². The Morgan fingerprint density at radius 2 is 1.18 bits per heavy atom. The second-order valence-corrected chi connectivity index (χ2v) is 3.74. The second kappa shape index (κ2) is 4.37. The molecule has 0 amide bonds. The van der Waals surface area contributed by atoms with E-state index in [1.165, 1.54) is 0 Å². The number of hydrogen-bond donors (Lipinski definition) is 3. The zero-order chi connectivity index (χ0) is 12.4. The highest BCUT2D eigenvalue weighted by Gasteiger charge is 2.04. The maximum Gasteiger partial charge on any atom is 0.0466 e. The Hall–Kier alpha value is -2.16. The highest BCUT2D eigenvalue weighted by atomic mass is 14.7. The van der Waals surface area contributed by atoms with Gasteiger partial charge in [0.05, 0.1) is 0 Å². The van der Waals surface area contributed by atoms with E-state index in [1.807, 2.05) is 50.2 Å². The van der Waals surface area contributed by atoms with E-state index in [0.29, 0.717) is 0 Å². The minimum atomic E-state index is 0.769. The van der Waals surface area contributed by atoms with E-state index in [9.17, 15) is 0 Å². The zero-order valence-corrected chi connectivity index (χ0v) is 10.1. The lowest BCUT2D eigenvalue weighted by Crippen LogP contribution is -1.83. The number of H-pyrrole nitrogens is 1. The van der Waals surface area contributed by atoms with Crippen molar-refractivity contribution in [2.24, 2.45) is 0 Å². The summed E-state index contributed by atoms with van der Waals surface area (Å²) in [6.45, 7) is 4.00. The lowest BCUT2D eigenvalue weighted by atomic mass is 10.1. The first-order chi connectivity index (χ1) is 8.24. The number of rotatable bonds is 0. The van der Waals surface area contributed by atoms with Crippen molar-refractivity contribution in [3.63, 3.8) is 0 Å². The fraction of sp³-hybridized carbons (Fsp3) is 0.143. The van der Waals surface area contributed by atoms with E-state index in [4.69, 9.17) is 11.5 Å². The third-order valence-electron chi connectivity index (χ3n) is 2.65. The van der Waals surface area contributed by atoms with E-state index >= 15 is 0 Å². The Kier molecular flexibility index (Phi) is 2.91. The fourth-order valence-corrected chi connectivity index (χ4v) is 1.93. The highest BCUT2D eigenvalue weighted by Crippen LogP contribution is 2.28. The molecule has 17 heavy (non-hydrogen) atoms. The van der Waals surface area contributed by atoms with Gasteiger partial charge in [-0.1, -0.05) is 13.8 Å². The van der Waals surface area contributed by atoms with Crippen LogP contribution in [0.2, 0.25) is 0 Å². The summed E-state index contributed by atoms with van der Waals surface area (Å²) in [5.41, 5.74) is 15.2. The molecule has 3 nitrogen and oxygen atoms in total. The number of anilines is 2. The van der Waals surface area contributed by atoms with Gasteiger partial charge in [0.1, 0.15) is 0 Å². The standard InChI is InChI=1S/C12H11N3.C2H6/c13-7-1-3-11-9(5-7)10-6-8(14)2-4-12(10)15-11;1-2/h1-6,15H,13-14H2;1-2H3. The second-order valence-electron chi connectivity index (χ2n) is 3.74. The molecule has 0 spiro atoms. The van der Waals surface area contributed by atoms with Crippen LogP contribution < -0.4 is 11.5 Å². The van der Waals surface area contributed by atoms with E-state index in [1.54, 1.807) is 0 Å². The molecular weight excluding hydrogens is 210 g/mol. The molecule has 3 rings (SSSR count). The number of benzene rings is 2. The van der Waals surface area contributed by atoms with Crippen LogP contribution in [-0.2, 0) is 0 Å². The Bertz CT molecular complexity index is 597. The van der Waals surface area contributed by atoms with Crippen molar-refractivity contribution in [1.82, 2.24) is 4.98 Å². The number of nitrogen functional groups attached to an aromatic ring is 2. The predicted octanol–water partition coefficient (Wildman–Crippen LogP) is 3.51. The Morgan fingerprint density at radius 3 is 1.59 bits per heavy atom. The van der Waals surface area contributed by atoms with Gasteiger partial charge in [0.2, 0.25) is 0 Å². The minimum Gasteiger partial charge on any atom is -0.399 e. The minimum absolute atomic E-state index is 0.769. The van der Waals surface area contributed by atoms with Crippen LogP contribution in [0.1, 0.15) is 13.8 Å². The largest absolute Gasteiger partial charge is 0.399 e. The van der Waals surface area contributed by atoms with E-state index < -0.39 is 0 Å². The van der Waals surface area contributed by atoms with Crippen LogP contribution in [-0.4, -0.2) is 4.98 Å². The molecular formula is C14H17N3. The molecule has 88 valence electrons. The molecule has 0 bridgehead atoms. The van der Waals surface area contributed by atoms with Crippen molar-refractivity contribution in [3.8, 4) is 0 Å². The molecule has 1 aromatic heterocycles. The molecule has 0 aliphatic carbocycles. The number of nitrogens with one attached hydrogen (secondary N) is 1. The number of nitrogens with two attached hydrogens (primary N) is 2. The highest BCUT2D eigenvalue weighted by molar-refractivity contribution is 6.09. The van der Waals surface area contributed by atoms with Crippen LogP contribution in [0, 0.1) is 0 Å². The average Bonchev–Trinajstić information content (AvgIpc) is 2.69. The van der Waals surface area contributed by atoms with Crippen LogP contribution in [0.4, 0.5) is 11.4 Å². The van der Waals surface area contributed by atoms with Gasteiger partial charge in [-0.25, -0.2) is 0 Å². The summed E-state index contributed by atoms with van der Waals surface area (Å²) in [5.74, 6) is 0. The monoisotopic (exact) mass is 227 g/mol. The smallest absolute Gasteiger partial charge is 0.0466 e. The van der Waals surface area contributed by atoms with Crippen molar-refractivity contribution in [2.45, 2.75) is 13.8 Å². The van der Waals surface area contributed by atoms with E-state index in [0.717, 1.165) is 33.2 Å². The van der Waals surface area contributed by atoms with Crippen LogP contribution in [0.3, 0.4) is 0 Å². The lowest BCUT2D eigenvalue weighted by molar-refractivity contribution is 1.50. The molecule has 2 aromatic carbocycles. The number of aromatic amines is 1. The van der Waals surface area contributed by atoms with Gasteiger partial charge in [-0.2, -0.15) is 0 Å². The molecule has 0 radical (unpaired) electrons. The van der Waals surface area contributed by atoms with Crippen LogP contribution in [0.25, 0.3) is 21.8 Å². The number of aromatic nitrogens is 1. The Morgan fingerprint density at radius 1 is 0.765 bits per heavy atom. The molecule has 0 atom stereocenters. The Labute approximate surface area is 100 Å². The maximum atomic E-state index is 5.77. The first-order valence-corrected chi connectivity index (χ1v) is 5.80. The summed E-state index contributed by atoms with van der Waals surface area (Å²) in [5, 5.41) is 2.24. The Balaban J connectivity index is 0.000000514. The SMILES string of the molecule is CC.Nc1ccc2[nH]c3ccc(N)cc3c2c1. The molecule has 0 fully saturated rings. The molecule has 0 unspecified atom stereocenters. The van der Waals surface area contributed by atoms with E-state index in [2.05, 4.69) is 4.98 Å². The van der Waals surface area contributed by atoms with Gasteiger partial charge in [0, 0.05) is 33.2 Å². The lowest BCUT2D eigenvalue weighted by Gasteiger charge is -1.95. The summed E-state index contributed by atoms with van der Waals surface area (Å²) in [4.78, 5) is 3.32. The third-order valence-corrected chi connectivity index (χ3v) is 2.65.